The van der Waals surface area contributed by atoms with Crippen LogP contribution in [-0.4, -0.2) is 36.7 Å². The molecule has 1 atom stereocenters. The molecule has 1 aromatic rings. The molecule has 0 radical (unpaired) electrons. The number of carbonyl (C=O) groups excluding carboxylic acids is 2. The molecule has 5 heteroatoms. The maximum absolute atomic E-state index is 12.2. The van der Waals surface area contributed by atoms with Gasteiger partial charge >= 0.3 is 12.1 Å². The minimum Gasteiger partial charge on any atom is -0.466 e. The lowest BCUT2D eigenvalue weighted by atomic mass is 9.98. The number of benzene rings is 1. The normalized spacial score (nSPS) is 19.8. The Balaban J connectivity index is 1.87. The Morgan fingerprint density at radius 3 is 2.68 bits per heavy atom. The van der Waals surface area contributed by atoms with Crippen LogP contribution in [-0.2, 0) is 20.9 Å². The zero-order chi connectivity index (χ0) is 15.9. The van der Waals surface area contributed by atoms with Crippen LogP contribution in [0.3, 0.4) is 0 Å². The van der Waals surface area contributed by atoms with Gasteiger partial charge in [-0.1, -0.05) is 35.9 Å². The summed E-state index contributed by atoms with van der Waals surface area (Å²) in [5.41, 5.74) is 1.97. The van der Waals surface area contributed by atoms with E-state index in [1.807, 2.05) is 37.3 Å². The molecule has 1 aromatic carbocycles. The molecule has 1 fully saturated rings. The summed E-state index contributed by atoms with van der Waals surface area (Å²) < 4.78 is 9.98. The first-order valence-electron chi connectivity index (χ1n) is 7.35. The molecule has 0 N–H and O–H groups in total. The lowest BCUT2D eigenvalue weighted by Crippen LogP contribution is -2.43. The molecule has 0 aromatic heterocycles. The highest BCUT2D eigenvalue weighted by molar-refractivity contribution is 5.82. The summed E-state index contributed by atoms with van der Waals surface area (Å²) in [5, 5.41) is 0. The van der Waals surface area contributed by atoms with Crippen molar-refractivity contribution in [1.29, 1.82) is 0 Å². The van der Waals surface area contributed by atoms with Crippen molar-refractivity contribution in [3.63, 3.8) is 0 Å². The molecule has 2 rings (SSSR count). The van der Waals surface area contributed by atoms with Crippen molar-refractivity contribution in [2.75, 3.05) is 13.7 Å². The van der Waals surface area contributed by atoms with Crippen LogP contribution in [0.15, 0.2) is 42.0 Å². The number of likely N-dealkylation sites (tertiary alicyclic amines) is 1. The van der Waals surface area contributed by atoms with Crippen LogP contribution >= 0.6 is 0 Å². The Kier molecular flexibility index (Phi) is 5.58. The van der Waals surface area contributed by atoms with Crippen LogP contribution in [0.4, 0.5) is 4.79 Å². The largest absolute Gasteiger partial charge is 0.466 e. The number of piperidine rings is 1. The monoisotopic (exact) mass is 303 g/mol. The molecule has 1 amide bonds. The topological polar surface area (TPSA) is 55.8 Å². The Labute approximate surface area is 130 Å². The first-order valence-corrected chi connectivity index (χ1v) is 7.35. The molecule has 0 bridgehead atoms. The zero-order valence-corrected chi connectivity index (χ0v) is 13.0. The number of nitrogens with zero attached hydrogens (tertiary/aromatic N) is 1. The molecule has 22 heavy (non-hydrogen) atoms. The van der Waals surface area contributed by atoms with E-state index >= 15 is 0 Å². The molecule has 1 unspecified atom stereocenters. The van der Waals surface area contributed by atoms with E-state index < -0.39 is 0 Å². The van der Waals surface area contributed by atoms with Crippen molar-refractivity contribution in [3.8, 4) is 0 Å². The summed E-state index contributed by atoms with van der Waals surface area (Å²) in [6, 6.07) is 9.60. The van der Waals surface area contributed by atoms with Gasteiger partial charge in [-0.3, -0.25) is 0 Å². The molecule has 1 saturated heterocycles. The Morgan fingerprint density at radius 2 is 2.05 bits per heavy atom. The summed E-state index contributed by atoms with van der Waals surface area (Å²) in [4.78, 5) is 25.1. The van der Waals surface area contributed by atoms with Crippen molar-refractivity contribution >= 4 is 12.1 Å². The number of ether oxygens (including phenoxy) is 2. The second-order valence-corrected chi connectivity index (χ2v) is 5.36. The van der Waals surface area contributed by atoms with Crippen molar-refractivity contribution in [2.24, 2.45) is 0 Å². The predicted octanol–water partition coefficient (Wildman–Crippen LogP) is 2.91. The molecule has 1 aliphatic rings. The molecule has 0 spiro atoms. The van der Waals surface area contributed by atoms with E-state index in [0.717, 1.165) is 11.1 Å². The van der Waals surface area contributed by atoms with Gasteiger partial charge in [0, 0.05) is 18.7 Å². The van der Waals surface area contributed by atoms with Crippen molar-refractivity contribution in [3.05, 3.63) is 47.5 Å². The second kappa shape index (κ2) is 7.64. The number of hydrogen-bond acceptors (Lipinski definition) is 4. The Morgan fingerprint density at radius 1 is 1.32 bits per heavy atom. The number of hydrogen-bond donors (Lipinski definition) is 0. The minimum atomic E-state index is -0.345. The van der Waals surface area contributed by atoms with Gasteiger partial charge in [0.2, 0.25) is 0 Å². The Bertz CT molecular complexity index is 553. The minimum absolute atomic E-state index is 0.00734. The van der Waals surface area contributed by atoms with Crippen LogP contribution < -0.4 is 0 Å². The molecular weight excluding hydrogens is 282 g/mol. The highest BCUT2D eigenvalue weighted by Crippen LogP contribution is 2.23. The van der Waals surface area contributed by atoms with Crippen molar-refractivity contribution in [2.45, 2.75) is 32.4 Å². The van der Waals surface area contributed by atoms with Crippen LogP contribution in [0, 0.1) is 0 Å². The van der Waals surface area contributed by atoms with Crippen LogP contribution in [0.2, 0.25) is 0 Å². The highest BCUT2D eigenvalue weighted by Gasteiger charge is 2.27. The third kappa shape index (κ3) is 4.35. The highest BCUT2D eigenvalue weighted by atomic mass is 16.6. The predicted molar refractivity (Wildman–Crippen MR) is 82.1 cm³/mol. The van der Waals surface area contributed by atoms with Crippen molar-refractivity contribution < 1.29 is 19.1 Å². The van der Waals surface area contributed by atoms with Gasteiger partial charge in [0.05, 0.1) is 7.11 Å². The standard InChI is InChI=1S/C17H21NO4/c1-13-10-15(11-16(19)21-2)8-9-18(13)17(20)22-12-14-6-4-3-5-7-14/h3-7,11,13H,8-10,12H2,1-2H3/b15-11-. The van der Waals surface area contributed by atoms with E-state index in [-0.39, 0.29) is 24.7 Å². The van der Waals surface area contributed by atoms with E-state index in [9.17, 15) is 9.59 Å². The molecule has 1 heterocycles. The van der Waals surface area contributed by atoms with Gasteiger partial charge in [-0.05, 0) is 25.3 Å². The van der Waals surface area contributed by atoms with E-state index in [1.54, 1.807) is 4.90 Å². The van der Waals surface area contributed by atoms with Gasteiger partial charge in [0.1, 0.15) is 6.61 Å². The van der Waals surface area contributed by atoms with Gasteiger partial charge in [-0.15, -0.1) is 0 Å². The molecule has 1 aliphatic heterocycles. The Hall–Kier alpha value is -2.30. The van der Waals surface area contributed by atoms with Crippen LogP contribution in [0.5, 0.6) is 0 Å². The maximum Gasteiger partial charge on any atom is 0.410 e. The quantitative estimate of drug-likeness (QED) is 0.636. The fourth-order valence-corrected chi connectivity index (χ4v) is 2.51. The summed E-state index contributed by atoms with van der Waals surface area (Å²) in [5.74, 6) is -0.345. The lowest BCUT2D eigenvalue weighted by Gasteiger charge is -2.33. The first kappa shape index (κ1) is 16.1. The van der Waals surface area contributed by atoms with E-state index in [1.165, 1.54) is 13.2 Å². The lowest BCUT2D eigenvalue weighted by molar-refractivity contribution is -0.134. The second-order valence-electron chi connectivity index (χ2n) is 5.36. The number of carbonyl (C=O) groups is 2. The average Bonchev–Trinajstić information content (AvgIpc) is 2.53. The van der Waals surface area contributed by atoms with Crippen LogP contribution in [0.25, 0.3) is 0 Å². The van der Waals surface area contributed by atoms with E-state index in [2.05, 4.69) is 4.74 Å². The van der Waals surface area contributed by atoms with Gasteiger partial charge in [-0.25, -0.2) is 9.59 Å². The molecule has 118 valence electrons. The van der Waals surface area contributed by atoms with Crippen LogP contribution in [0.1, 0.15) is 25.3 Å². The number of methoxy groups -OCH3 is 1. The van der Waals surface area contributed by atoms with Gasteiger partial charge in [0.15, 0.2) is 0 Å². The summed E-state index contributed by atoms with van der Waals surface area (Å²) in [6.45, 7) is 2.78. The fraction of sp³-hybridized carbons (Fsp3) is 0.412. The SMILES string of the molecule is COC(=O)/C=C1/CCN(C(=O)OCc2ccccc2)C(C)C1. The van der Waals surface area contributed by atoms with E-state index in [4.69, 9.17) is 4.74 Å². The van der Waals surface area contributed by atoms with Gasteiger partial charge in [0.25, 0.3) is 0 Å². The molecular formula is C17H21NO4. The molecule has 0 aliphatic carbocycles. The number of amides is 1. The van der Waals surface area contributed by atoms with E-state index in [0.29, 0.717) is 19.4 Å². The third-order valence-corrected chi connectivity index (χ3v) is 3.73. The van der Waals surface area contributed by atoms with Crippen molar-refractivity contribution in [1.82, 2.24) is 4.90 Å². The molecule has 0 saturated carbocycles. The summed E-state index contributed by atoms with van der Waals surface area (Å²) >= 11 is 0. The maximum atomic E-state index is 12.2. The number of esters is 1. The average molecular weight is 303 g/mol. The fourth-order valence-electron chi connectivity index (χ4n) is 2.51. The molecule has 5 nitrogen and oxygen atoms in total. The first-order chi connectivity index (χ1) is 10.6. The smallest absolute Gasteiger partial charge is 0.410 e. The van der Waals surface area contributed by atoms with Gasteiger partial charge in [-0.2, -0.15) is 0 Å². The summed E-state index contributed by atoms with van der Waals surface area (Å²) in [7, 11) is 1.36. The summed E-state index contributed by atoms with van der Waals surface area (Å²) in [6.07, 6.45) is 2.53. The zero-order valence-electron chi connectivity index (χ0n) is 13.0. The third-order valence-electron chi connectivity index (χ3n) is 3.73. The number of rotatable bonds is 3. The van der Waals surface area contributed by atoms with Gasteiger partial charge < -0.3 is 14.4 Å².